The van der Waals surface area contributed by atoms with Crippen molar-refractivity contribution < 1.29 is 9.90 Å². The lowest BCUT2D eigenvalue weighted by Crippen LogP contribution is -2.26. The summed E-state index contributed by atoms with van der Waals surface area (Å²) in [5, 5.41) is 12.5. The van der Waals surface area contributed by atoms with Gasteiger partial charge in [-0.3, -0.25) is 4.79 Å². The van der Waals surface area contributed by atoms with Crippen LogP contribution in [0.2, 0.25) is 5.02 Å². The Hall–Kier alpha value is -0.710. The summed E-state index contributed by atoms with van der Waals surface area (Å²) >= 11 is 7.41. The fourth-order valence-electron chi connectivity index (χ4n) is 1.30. The molecule has 2 N–H and O–H groups in total. The van der Waals surface area contributed by atoms with Crippen molar-refractivity contribution >= 4 is 29.3 Å². The van der Waals surface area contributed by atoms with E-state index in [-0.39, 0.29) is 12.0 Å². The lowest BCUT2D eigenvalue weighted by Gasteiger charge is -2.06. The van der Waals surface area contributed by atoms with Crippen LogP contribution in [-0.4, -0.2) is 29.4 Å². The summed E-state index contributed by atoms with van der Waals surface area (Å²) in [7, 11) is 0. The summed E-state index contributed by atoms with van der Waals surface area (Å²) in [6, 6.07) is 7.57. The maximum Gasteiger partial charge on any atom is 0.220 e. The first-order chi connectivity index (χ1) is 8.58. The highest BCUT2D eigenvalue weighted by atomic mass is 35.5. The second-order valence-corrected chi connectivity index (χ2v) is 5.64. The molecule has 1 aromatic rings. The number of carbonyl (C=O) groups excluding carboxylic acids is 1. The molecular formula is C13H18ClNO2S. The second-order valence-electron chi connectivity index (χ2n) is 4.04. The van der Waals surface area contributed by atoms with Crippen LogP contribution in [0.15, 0.2) is 29.2 Å². The molecule has 1 unspecified atom stereocenters. The van der Waals surface area contributed by atoms with Gasteiger partial charge in [0, 0.05) is 28.6 Å². The van der Waals surface area contributed by atoms with E-state index in [1.54, 1.807) is 18.7 Å². The SMILES string of the molecule is CC(O)CCNC(=O)CCSc1ccc(Cl)cc1. The van der Waals surface area contributed by atoms with E-state index in [4.69, 9.17) is 16.7 Å². The molecular weight excluding hydrogens is 270 g/mol. The quantitative estimate of drug-likeness (QED) is 0.758. The van der Waals surface area contributed by atoms with Gasteiger partial charge in [-0.15, -0.1) is 11.8 Å². The number of carbonyl (C=O) groups is 1. The van der Waals surface area contributed by atoms with Crippen LogP contribution in [0.25, 0.3) is 0 Å². The van der Waals surface area contributed by atoms with Crippen molar-refractivity contribution in [3.63, 3.8) is 0 Å². The van der Waals surface area contributed by atoms with Crippen molar-refractivity contribution in [2.45, 2.75) is 30.8 Å². The van der Waals surface area contributed by atoms with Crippen molar-refractivity contribution in [1.29, 1.82) is 0 Å². The largest absolute Gasteiger partial charge is 0.393 e. The Morgan fingerprint density at radius 2 is 2.11 bits per heavy atom. The normalized spacial score (nSPS) is 12.2. The summed E-state index contributed by atoms with van der Waals surface area (Å²) in [5.41, 5.74) is 0. The maximum absolute atomic E-state index is 11.4. The Morgan fingerprint density at radius 3 is 2.72 bits per heavy atom. The lowest BCUT2D eigenvalue weighted by molar-refractivity contribution is -0.120. The minimum absolute atomic E-state index is 0.0251. The number of nitrogens with one attached hydrogen (secondary N) is 1. The summed E-state index contributed by atoms with van der Waals surface area (Å²) in [6.07, 6.45) is 0.706. The van der Waals surface area contributed by atoms with Crippen LogP contribution >= 0.6 is 23.4 Å². The molecule has 0 aliphatic heterocycles. The third-order valence-electron chi connectivity index (χ3n) is 2.30. The first-order valence-electron chi connectivity index (χ1n) is 5.91. The molecule has 0 fully saturated rings. The number of benzene rings is 1. The first kappa shape index (κ1) is 15.3. The highest BCUT2D eigenvalue weighted by molar-refractivity contribution is 7.99. The van der Waals surface area contributed by atoms with Crippen LogP contribution in [-0.2, 0) is 4.79 Å². The molecule has 5 heteroatoms. The second kappa shape index (κ2) is 8.40. The van der Waals surface area contributed by atoms with Crippen molar-refractivity contribution in [3.05, 3.63) is 29.3 Å². The molecule has 0 aliphatic carbocycles. The standard InChI is InChI=1S/C13H18ClNO2S/c1-10(16)6-8-15-13(17)7-9-18-12-4-2-11(14)3-5-12/h2-5,10,16H,6-9H2,1H3,(H,15,17). The summed E-state index contributed by atoms with van der Waals surface area (Å²) in [6.45, 7) is 2.24. The average Bonchev–Trinajstić information content (AvgIpc) is 2.31. The van der Waals surface area contributed by atoms with Gasteiger partial charge < -0.3 is 10.4 Å². The zero-order valence-electron chi connectivity index (χ0n) is 10.4. The zero-order valence-corrected chi connectivity index (χ0v) is 11.9. The fourth-order valence-corrected chi connectivity index (χ4v) is 2.28. The predicted octanol–water partition coefficient (Wildman–Crippen LogP) is 2.71. The fraction of sp³-hybridized carbons (Fsp3) is 0.462. The van der Waals surface area contributed by atoms with Crippen molar-refractivity contribution in [2.24, 2.45) is 0 Å². The number of hydrogen-bond acceptors (Lipinski definition) is 3. The molecule has 0 bridgehead atoms. The number of thioether (sulfide) groups is 1. The van der Waals surface area contributed by atoms with Gasteiger partial charge in [0.1, 0.15) is 0 Å². The number of amides is 1. The average molecular weight is 288 g/mol. The Kier molecular flexibility index (Phi) is 7.16. The van der Waals surface area contributed by atoms with Gasteiger partial charge in [-0.2, -0.15) is 0 Å². The van der Waals surface area contributed by atoms with Crippen molar-refractivity contribution in [2.75, 3.05) is 12.3 Å². The molecule has 1 aromatic carbocycles. The monoisotopic (exact) mass is 287 g/mol. The van der Waals surface area contributed by atoms with Crippen LogP contribution in [0.5, 0.6) is 0 Å². The van der Waals surface area contributed by atoms with Crippen LogP contribution < -0.4 is 5.32 Å². The van der Waals surface area contributed by atoms with E-state index >= 15 is 0 Å². The van der Waals surface area contributed by atoms with E-state index < -0.39 is 0 Å². The highest BCUT2D eigenvalue weighted by Crippen LogP contribution is 2.20. The van der Waals surface area contributed by atoms with E-state index in [0.717, 1.165) is 15.7 Å². The Morgan fingerprint density at radius 1 is 1.44 bits per heavy atom. The van der Waals surface area contributed by atoms with E-state index in [9.17, 15) is 4.79 Å². The molecule has 1 rings (SSSR count). The predicted molar refractivity (Wildman–Crippen MR) is 76.1 cm³/mol. The van der Waals surface area contributed by atoms with Crippen molar-refractivity contribution in [1.82, 2.24) is 5.32 Å². The third kappa shape index (κ3) is 6.89. The van der Waals surface area contributed by atoms with Gasteiger partial charge in [0.15, 0.2) is 0 Å². The van der Waals surface area contributed by atoms with E-state index in [0.29, 0.717) is 19.4 Å². The summed E-state index contributed by atoms with van der Waals surface area (Å²) in [4.78, 5) is 12.5. The van der Waals surface area contributed by atoms with Crippen LogP contribution in [0.4, 0.5) is 0 Å². The Bertz CT molecular complexity index is 368. The number of halogens is 1. The number of hydrogen-bond donors (Lipinski definition) is 2. The summed E-state index contributed by atoms with van der Waals surface area (Å²) < 4.78 is 0. The molecule has 1 amide bonds. The minimum Gasteiger partial charge on any atom is -0.393 e. The zero-order chi connectivity index (χ0) is 13.4. The van der Waals surface area contributed by atoms with Gasteiger partial charge in [0.2, 0.25) is 5.91 Å². The van der Waals surface area contributed by atoms with Gasteiger partial charge >= 0.3 is 0 Å². The molecule has 0 radical (unpaired) electrons. The number of aliphatic hydroxyl groups is 1. The molecule has 100 valence electrons. The molecule has 0 saturated heterocycles. The topological polar surface area (TPSA) is 49.3 Å². The van der Waals surface area contributed by atoms with Gasteiger partial charge in [-0.25, -0.2) is 0 Å². The first-order valence-corrected chi connectivity index (χ1v) is 7.27. The van der Waals surface area contributed by atoms with Crippen LogP contribution in [0.1, 0.15) is 19.8 Å². The molecule has 0 aliphatic rings. The molecule has 1 atom stereocenters. The molecule has 18 heavy (non-hydrogen) atoms. The molecule has 3 nitrogen and oxygen atoms in total. The molecule has 0 heterocycles. The van der Waals surface area contributed by atoms with Gasteiger partial charge in [0.25, 0.3) is 0 Å². The van der Waals surface area contributed by atoms with E-state index in [1.807, 2.05) is 24.3 Å². The summed E-state index contributed by atoms with van der Waals surface area (Å²) in [5.74, 6) is 0.763. The molecule has 0 saturated carbocycles. The lowest BCUT2D eigenvalue weighted by atomic mass is 10.3. The number of rotatable bonds is 7. The van der Waals surface area contributed by atoms with E-state index in [1.165, 1.54) is 0 Å². The Labute approximate surface area is 117 Å². The highest BCUT2D eigenvalue weighted by Gasteiger charge is 2.02. The third-order valence-corrected chi connectivity index (χ3v) is 3.56. The van der Waals surface area contributed by atoms with Crippen LogP contribution in [0.3, 0.4) is 0 Å². The minimum atomic E-state index is -0.367. The van der Waals surface area contributed by atoms with Crippen LogP contribution in [0, 0.1) is 0 Å². The Balaban J connectivity index is 2.13. The molecule has 0 aromatic heterocycles. The van der Waals surface area contributed by atoms with Gasteiger partial charge in [-0.1, -0.05) is 11.6 Å². The maximum atomic E-state index is 11.4. The van der Waals surface area contributed by atoms with Gasteiger partial charge in [-0.05, 0) is 37.6 Å². The number of aliphatic hydroxyl groups excluding tert-OH is 1. The van der Waals surface area contributed by atoms with Crippen molar-refractivity contribution in [3.8, 4) is 0 Å². The van der Waals surface area contributed by atoms with Gasteiger partial charge in [0.05, 0.1) is 6.10 Å². The molecule has 0 spiro atoms. The smallest absolute Gasteiger partial charge is 0.220 e. The van der Waals surface area contributed by atoms with E-state index in [2.05, 4.69) is 5.32 Å².